The van der Waals surface area contributed by atoms with Crippen molar-refractivity contribution < 1.29 is 19.0 Å². The maximum Gasteiger partial charge on any atom is 0.150 e. The predicted molar refractivity (Wildman–Crippen MR) is 75.7 cm³/mol. The van der Waals surface area contributed by atoms with Gasteiger partial charge in [0, 0.05) is 11.1 Å². The van der Waals surface area contributed by atoms with Gasteiger partial charge in [0.1, 0.15) is 30.1 Å². The average molecular weight is 272 g/mol. The van der Waals surface area contributed by atoms with Gasteiger partial charge >= 0.3 is 0 Å². The largest absolute Gasteiger partial charge is 0.497 e. The van der Waals surface area contributed by atoms with Crippen LogP contribution in [0.4, 0.5) is 0 Å². The topological polar surface area (TPSA) is 44.8 Å². The van der Waals surface area contributed by atoms with Crippen LogP contribution in [0.1, 0.15) is 15.9 Å². The second-order valence-corrected chi connectivity index (χ2v) is 4.15. The van der Waals surface area contributed by atoms with Crippen LogP contribution >= 0.6 is 0 Å². The fourth-order valence-corrected chi connectivity index (χ4v) is 1.82. The molecule has 0 aliphatic rings. The van der Waals surface area contributed by atoms with Crippen LogP contribution in [0.3, 0.4) is 0 Å². The van der Waals surface area contributed by atoms with Gasteiger partial charge in [0.05, 0.1) is 14.2 Å². The molecule has 0 aromatic heterocycles. The zero-order valence-electron chi connectivity index (χ0n) is 11.5. The minimum Gasteiger partial charge on any atom is -0.497 e. The van der Waals surface area contributed by atoms with Crippen LogP contribution in [-0.2, 0) is 6.61 Å². The van der Waals surface area contributed by atoms with E-state index in [0.29, 0.717) is 17.9 Å². The zero-order valence-corrected chi connectivity index (χ0v) is 11.5. The summed E-state index contributed by atoms with van der Waals surface area (Å²) in [4.78, 5) is 10.8. The highest BCUT2D eigenvalue weighted by atomic mass is 16.5. The Bertz CT molecular complexity index is 576. The van der Waals surface area contributed by atoms with Crippen LogP contribution in [-0.4, -0.2) is 20.5 Å². The number of hydrogen-bond acceptors (Lipinski definition) is 4. The van der Waals surface area contributed by atoms with Crippen molar-refractivity contribution in [2.45, 2.75) is 6.61 Å². The van der Waals surface area contributed by atoms with Crippen molar-refractivity contribution >= 4 is 6.29 Å². The highest BCUT2D eigenvalue weighted by Gasteiger charge is 2.05. The second-order valence-electron chi connectivity index (χ2n) is 4.15. The monoisotopic (exact) mass is 272 g/mol. The SMILES string of the molecule is COc1ccc(OCc2cc(C=O)ccc2OC)cc1. The molecule has 104 valence electrons. The lowest BCUT2D eigenvalue weighted by atomic mass is 10.1. The summed E-state index contributed by atoms with van der Waals surface area (Å²) in [7, 11) is 3.21. The van der Waals surface area contributed by atoms with Gasteiger partial charge in [-0.25, -0.2) is 0 Å². The minimum absolute atomic E-state index is 0.331. The lowest BCUT2D eigenvalue weighted by Gasteiger charge is -2.11. The van der Waals surface area contributed by atoms with E-state index in [9.17, 15) is 4.79 Å². The first kappa shape index (κ1) is 13.9. The number of carbonyl (C=O) groups excluding carboxylic acids is 1. The number of rotatable bonds is 6. The molecule has 0 saturated heterocycles. The van der Waals surface area contributed by atoms with Gasteiger partial charge < -0.3 is 14.2 Å². The lowest BCUT2D eigenvalue weighted by Crippen LogP contribution is -2.00. The molecule has 0 aliphatic carbocycles. The number of carbonyl (C=O) groups is 1. The van der Waals surface area contributed by atoms with Crippen molar-refractivity contribution in [3.8, 4) is 17.2 Å². The zero-order chi connectivity index (χ0) is 14.4. The molecule has 4 nitrogen and oxygen atoms in total. The van der Waals surface area contributed by atoms with E-state index in [0.717, 1.165) is 23.3 Å². The maximum atomic E-state index is 10.8. The van der Waals surface area contributed by atoms with Gasteiger partial charge in [-0.2, -0.15) is 0 Å². The average Bonchev–Trinajstić information content (AvgIpc) is 2.53. The fraction of sp³-hybridized carbons (Fsp3) is 0.188. The number of ether oxygens (including phenoxy) is 3. The van der Waals surface area contributed by atoms with Crippen molar-refractivity contribution in [2.24, 2.45) is 0 Å². The van der Waals surface area contributed by atoms with Crippen molar-refractivity contribution in [3.63, 3.8) is 0 Å². The third-order valence-corrected chi connectivity index (χ3v) is 2.89. The summed E-state index contributed by atoms with van der Waals surface area (Å²) in [6.45, 7) is 0.331. The van der Waals surface area contributed by atoms with Crippen molar-refractivity contribution in [1.29, 1.82) is 0 Å². The Balaban J connectivity index is 2.10. The summed E-state index contributed by atoms with van der Waals surface area (Å²) in [6, 6.07) is 12.5. The Kier molecular flexibility index (Phi) is 4.60. The van der Waals surface area contributed by atoms with E-state index in [1.807, 2.05) is 24.3 Å². The standard InChI is InChI=1S/C16H16O4/c1-18-14-4-6-15(7-5-14)20-11-13-9-12(10-17)3-8-16(13)19-2/h3-10H,11H2,1-2H3. The highest BCUT2D eigenvalue weighted by Crippen LogP contribution is 2.23. The Morgan fingerprint density at radius 3 is 2.25 bits per heavy atom. The smallest absolute Gasteiger partial charge is 0.150 e. The summed E-state index contributed by atoms with van der Waals surface area (Å²) < 4.78 is 16.0. The molecule has 0 atom stereocenters. The maximum absolute atomic E-state index is 10.8. The summed E-state index contributed by atoms with van der Waals surface area (Å²) >= 11 is 0. The molecule has 0 N–H and O–H groups in total. The first-order valence-electron chi connectivity index (χ1n) is 6.15. The molecular weight excluding hydrogens is 256 g/mol. The molecule has 0 aliphatic heterocycles. The number of benzene rings is 2. The van der Waals surface area contributed by atoms with Crippen LogP contribution < -0.4 is 14.2 Å². The molecule has 0 unspecified atom stereocenters. The second kappa shape index (κ2) is 6.61. The molecule has 0 heterocycles. The van der Waals surface area contributed by atoms with Gasteiger partial charge in [0.2, 0.25) is 0 Å². The third-order valence-electron chi connectivity index (χ3n) is 2.89. The predicted octanol–water partition coefficient (Wildman–Crippen LogP) is 3.10. The van der Waals surface area contributed by atoms with Gasteiger partial charge in [-0.1, -0.05) is 0 Å². The van der Waals surface area contributed by atoms with Gasteiger partial charge in [-0.15, -0.1) is 0 Å². The minimum atomic E-state index is 0.331. The van der Waals surface area contributed by atoms with Gasteiger partial charge in [0.25, 0.3) is 0 Å². The molecular formula is C16H16O4. The lowest BCUT2D eigenvalue weighted by molar-refractivity contribution is 0.112. The van der Waals surface area contributed by atoms with Crippen LogP contribution in [0.2, 0.25) is 0 Å². The summed E-state index contributed by atoms with van der Waals surface area (Å²) in [5.41, 5.74) is 1.42. The van der Waals surface area contributed by atoms with Crippen LogP contribution in [0.25, 0.3) is 0 Å². The number of aldehydes is 1. The van der Waals surface area contributed by atoms with E-state index in [-0.39, 0.29) is 0 Å². The van der Waals surface area contributed by atoms with Crippen molar-refractivity contribution in [3.05, 3.63) is 53.6 Å². The molecule has 0 saturated carbocycles. The van der Waals surface area contributed by atoms with Gasteiger partial charge in [-0.05, 0) is 42.5 Å². The molecule has 0 amide bonds. The Hall–Kier alpha value is -2.49. The first-order valence-corrected chi connectivity index (χ1v) is 6.15. The molecule has 2 aromatic carbocycles. The Labute approximate surface area is 117 Å². The van der Waals surface area contributed by atoms with E-state index in [1.165, 1.54) is 0 Å². The van der Waals surface area contributed by atoms with E-state index in [4.69, 9.17) is 14.2 Å². The van der Waals surface area contributed by atoms with Crippen LogP contribution in [0, 0.1) is 0 Å². The first-order chi connectivity index (χ1) is 9.76. The summed E-state index contributed by atoms with van der Waals surface area (Å²) in [5, 5.41) is 0. The van der Waals surface area contributed by atoms with Crippen LogP contribution in [0.15, 0.2) is 42.5 Å². The van der Waals surface area contributed by atoms with Crippen molar-refractivity contribution in [2.75, 3.05) is 14.2 Å². The van der Waals surface area contributed by atoms with Gasteiger partial charge in [-0.3, -0.25) is 4.79 Å². The molecule has 0 spiro atoms. The van der Waals surface area contributed by atoms with E-state index in [1.54, 1.807) is 32.4 Å². The molecule has 4 heteroatoms. The fourth-order valence-electron chi connectivity index (χ4n) is 1.82. The van der Waals surface area contributed by atoms with E-state index in [2.05, 4.69) is 0 Å². The molecule has 0 fully saturated rings. The number of methoxy groups -OCH3 is 2. The molecule has 0 bridgehead atoms. The summed E-state index contributed by atoms with van der Waals surface area (Å²) in [6.07, 6.45) is 0.802. The molecule has 0 radical (unpaired) electrons. The van der Waals surface area contributed by atoms with Crippen molar-refractivity contribution in [1.82, 2.24) is 0 Å². The molecule has 2 rings (SSSR count). The van der Waals surface area contributed by atoms with Crippen LogP contribution in [0.5, 0.6) is 17.2 Å². The third kappa shape index (κ3) is 3.29. The quantitative estimate of drug-likeness (QED) is 0.758. The Morgan fingerprint density at radius 1 is 0.950 bits per heavy atom. The number of hydrogen-bond donors (Lipinski definition) is 0. The van der Waals surface area contributed by atoms with Gasteiger partial charge in [0.15, 0.2) is 0 Å². The van der Waals surface area contributed by atoms with E-state index >= 15 is 0 Å². The normalized spacial score (nSPS) is 9.90. The Morgan fingerprint density at radius 2 is 1.65 bits per heavy atom. The highest BCUT2D eigenvalue weighted by molar-refractivity contribution is 5.75. The molecule has 20 heavy (non-hydrogen) atoms. The molecule has 2 aromatic rings. The van der Waals surface area contributed by atoms with E-state index < -0.39 is 0 Å². The summed E-state index contributed by atoms with van der Waals surface area (Å²) in [5.74, 6) is 2.20.